The molecular weight excluding hydrogens is 356 g/mol. The third-order valence-corrected chi connectivity index (χ3v) is 6.55. The van der Waals surface area contributed by atoms with Crippen molar-refractivity contribution >= 4 is 11.8 Å². The van der Waals surface area contributed by atoms with Crippen LogP contribution in [0.3, 0.4) is 0 Å². The van der Waals surface area contributed by atoms with Gasteiger partial charge in [-0.1, -0.05) is 12.1 Å². The molecular formula is C22H24N2O4. The second-order valence-electron chi connectivity index (χ2n) is 8.14. The van der Waals surface area contributed by atoms with Gasteiger partial charge in [0.25, 0.3) is 5.91 Å². The first-order chi connectivity index (χ1) is 13.6. The molecule has 2 bridgehead atoms. The summed E-state index contributed by atoms with van der Waals surface area (Å²) in [5.74, 6) is 1.92. The molecule has 3 saturated carbocycles. The van der Waals surface area contributed by atoms with Crippen molar-refractivity contribution in [3.8, 4) is 5.75 Å². The fraction of sp³-hybridized carbons (Fsp3) is 0.455. The maximum Gasteiger partial charge on any atom is 0.258 e. The lowest BCUT2D eigenvalue weighted by atomic mass is 9.60. The van der Waals surface area contributed by atoms with Gasteiger partial charge in [-0.15, -0.1) is 0 Å². The van der Waals surface area contributed by atoms with Gasteiger partial charge in [-0.3, -0.25) is 9.59 Å². The number of nitrogens with one attached hydrogen (secondary N) is 2. The molecule has 1 aromatic carbocycles. The van der Waals surface area contributed by atoms with E-state index < -0.39 is 5.72 Å². The van der Waals surface area contributed by atoms with Gasteiger partial charge in [-0.25, -0.2) is 0 Å². The van der Waals surface area contributed by atoms with Crippen molar-refractivity contribution in [1.82, 2.24) is 10.6 Å². The lowest BCUT2D eigenvalue weighted by molar-refractivity contribution is -0.146. The van der Waals surface area contributed by atoms with Crippen LogP contribution in [-0.4, -0.2) is 24.1 Å². The van der Waals surface area contributed by atoms with Crippen LogP contribution in [0.5, 0.6) is 5.75 Å². The molecule has 3 fully saturated rings. The predicted octanol–water partition coefficient (Wildman–Crippen LogP) is 2.89. The second-order valence-corrected chi connectivity index (χ2v) is 8.14. The average molecular weight is 380 g/mol. The van der Waals surface area contributed by atoms with E-state index in [0.717, 1.165) is 25.0 Å². The minimum atomic E-state index is -0.667. The van der Waals surface area contributed by atoms with Gasteiger partial charge in [0, 0.05) is 31.2 Å². The summed E-state index contributed by atoms with van der Waals surface area (Å²) in [6.07, 6.45) is 5.76. The first kappa shape index (κ1) is 17.3. The number of amides is 2. The summed E-state index contributed by atoms with van der Waals surface area (Å²) in [5, 5.41) is 6.20. The quantitative estimate of drug-likeness (QED) is 0.855. The highest BCUT2D eigenvalue weighted by Gasteiger charge is 2.57. The molecule has 2 amide bonds. The molecule has 1 spiro atoms. The lowest BCUT2D eigenvalue weighted by Crippen LogP contribution is -2.66. The van der Waals surface area contributed by atoms with E-state index in [-0.39, 0.29) is 29.6 Å². The van der Waals surface area contributed by atoms with Gasteiger partial charge in [0.15, 0.2) is 5.72 Å². The Bertz CT molecular complexity index is 894. The molecule has 28 heavy (non-hydrogen) atoms. The number of hydrogen-bond donors (Lipinski definition) is 2. The van der Waals surface area contributed by atoms with E-state index in [0.29, 0.717) is 30.7 Å². The van der Waals surface area contributed by atoms with Crippen LogP contribution >= 0.6 is 0 Å². The molecule has 6 rings (SSSR count). The Balaban J connectivity index is 1.26. The number of carbonyl (C=O) groups is 2. The molecule has 4 aliphatic rings. The van der Waals surface area contributed by atoms with E-state index in [1.807, 2.05) is 30.3 Å². The van der Waals surface area contributed by atoms with Crippen LogP contribution in [0.25, 0.3) is 0 Å². The molecule has 4 unspecified atom stereocenters. The first-order valence-electron chi connectivity index (χ1n) is 10.1. The Hall–Kier alpha value is -2.76. The van der Waals surface area contributed by atoms with Crippen molar-refractivity contribution in [3.63, 3.8) is 0 Å². The van der Waals surface area contributed by atoms with Gasteiger partial charge in [0.2, 0.25) is 5.91 Å². The summed E-state index contributed by atoms with van der Waals surface area (Å²) in [5.41, 5.74) is -0.0824. The molecule has 2 N–H and O–H groups in total. The summed E-state index contributed by atoms with van der Waals surface area (Å²) in [7, 11) is 0. The minimum absolute atomic E-state index is 0.0151. The fourth-order valence-corrected chi connectivity index (χ4v) is 5.18. The highest BCUT2D eigenvalue weighted by molar-refractivity contribution is 5.98. The fourth-order valence-electron chi connectivity index (χ4n) is 5.18. The third-order valence-electron chi connectivity index (χ3n) is 6.55. The van der Waals surface area contributed by atoms with Crippen LogP contribution in [0.15, 0.2) is 47.1 Å². The van der Waals surface area contributed by atoms with E-state index in [1.165, 1.54) is 0 Å². The summed E-state index contributed by atoms with van der Waals surface area (Å²) >= 11 is 0. The zero-order valence-electron chi connectivity index (χ0n) is 15.6. The van der Waals surface area contributed by atoms with Crippen molar-refractivity contribution in [2.24, 2.45) is 17.8 Å². The topological polar surface area (TPSA) is 80.6 Å². The number of hydrogen-bond acceptors (Lipinski definition) is 4. The maximum atomic E-state index is 12.8. The van der Waals surface area contributed by atoms with Gasteiger partial charge < -0.3 is 19.8 Å². The number of para-hydroxylation sites is 1. The smallest absolute Gasteiger partial charge is 0.258 e. The summed E-state index contributed by atoms with van der Waals surface area (Å²) < 4.78 is 11.7. The van der Waals surface area contributed by atoms with Crippen LogP contribution < -0.4 is 15.4 Å². The third kappa shape index (κ3) is 2.87. The number of benzene rings is 1. The lowest BCUT2D eigenvalue weighted by Gasteiger charge is -2.55. The molecule has 146 valence electrons. The van der Waals surface area contributed by atoms with E-state index >= 15 is 0 Å². The zero-order valence-corrected chi connectivity index (χ0v) is 15.6. The van der Waals surface area contributed by atoms with Gasteiger partial charge in [-0.2, -0.15) is 0 Å². The van der Waals surface area contributed by atoms with E-state index in [9.17, 15) is 9.59 Å². The second kappa shape index (κ2) is 6.69. The standard InChI is InChI=1S/C22H24N2O4/c25-20(23-10-9-16-4-3-11-27-16)18-12-15-8-7-14(18)13-22(15)24-21(26)17-5-1-2-6-19(17)28-22/h1-6,11,14-15,18H,7-10,12-13H2,(H,23,25)(H,24,26). The molecule has 1 aliphatic heterocycles. The van der Waals surface area contributed by atoms with Crippen molar-refractivity contribution in [2.75, 3.05) is 6.54 Å². The van der Waals surface area contributed by atoms with Gasteiger partial charge in [0.1, 0.15) is 11.5 Å². The molecule has 3 aliphatic carbocycles. The minimum Gasteiger partial charge on any atom is -0.469 e. The van der Waals surface area contributed by atoms with Gasteiger partial charge >= 0.3 is 0 Å². The molecule has 6 nitrogen and oxygen atoms in total. The Kier molecular flexibility index (Phi) is 4.14. The van der Waals surface area contributed by atoms with Crippen LogP contribution in [-0.2, 0) is 11.2 Å². The van der Waals surface area contributed by atoms with Crippen LogP contribution in [0, 0.1) is 17.8 Å². The number of ether oxygens (including phenoxy) is 1. The van der Waals surface area contributed by atoms with Crippen LogP contribution in [0.4, 0.5) is 0 Å². The molecule has 1 aromatic heterocycles. The highest BCUT2D eigenvalue weighted by Crippen LogP contribution is 2.52. The van der Waals surface area contributed by atoms with Crippen molar-refractivity contribution in [1.29, 1.82) is 0 Å². The van der Waals surface area contributed by atoms with E-state index in [2.05, 4.69) is 10.6 Å². The van der Waals surface area contributed by atoms with E-state index in [1.54, 1.807) is 12.3 Å². The summed E-state index contributed by atoms with van der Waals surface area (Å²) in [4.78, 5) is 25.4. The number of fused-ring (bicyclic) bond motifs is 3. The molecule has 0 saturated heterocycles. The van der Waals surface area contributed by atoms with Gasteiger partial charge in [-0.05, 0) is 49.4 Å². The number of rotatable bonds is 4. The Morgan fingerprint density at radius 3 is 2.89 bits per heavy atom. The predicted molar refractivity (Wildman–Crippen MR) is 102 cm³/mol. The molecule has 4 atom stereocenters. The Labute approximate surface area is 163 Å². The number of furan rings is 1. The Morgan fingerprint density at radius 2 is 2.11 bits per heavy atom. The zero-order chi connectivity index (χ0) is 19.1. The molecule has 2 aromatic rings. The largest absolute Gasteiger partial charge is 0.469 e. The normalized spacial score (nSPS) is 30.4. The summed E-state index contributed by atoms with van der Waals surface area (Å²) in [6, 6.07) is 11.1. The highest BCUT2D eigenvalue weighted by atomic mass is 16.5. The number of carbonyl (C=O) groups excluding carboxylic acids is 2. The average Bonchev–Trinajstić information content (AvgIpc) is 3.22. The maximum absolute atomic E-state index is 12.8. The molecule has 2 heterocycles. The SMILES string of the molecule is O=C1NC2(CC3CCC2CC3C(=O)NCCc2ccco2)Oc2ccccc21. The Morgan fingerprint density at radius 1 is 1.21 bits per heavy atom. The van der Waals surface area contributed by atoms with E-state index in [4.69, 9.17) is 9.15 Å². The van der Waals surface area contributed by atoms with Crippen LogP contribution in [0.1, 0.15) is 41.8 Å². The van der Waals surface area contributed by atoms with Gasteiger partial charge in [0.05, 0.1) is 11.8 Å². The first-order valence-corrected chi connectivity index (χ1v) is 10.1. The monoisotopic (exact) mass is 380 g/mol. The summed E-state index contributed by atoms with van der Waals surface area (Å²) in [6.45, 7) is 0.575. The van der Waals surface area contributed by atoms with Crippen molar-refractivity contribution < 1.29 is 18.7 Å². The molecule has 6 heteroatoms. The van der Waals surface area contributed by atoms with Crippen LogP contribution in [0.2, 0.25) is 0 Å². The molecule has 0 radical (unpaired) electrons. The van der Waals surface area contributed by atoms with Crippen molar-refractivity contribution in [2.45, 2.75) is 37.8 Å². The van der Waals surface area contributed by atoms with Crippen molar-refractivity contribution in [3.05, 3.63) is 54.0 Å².